The van der Waals surface area contributed by atoms with Gasteiger partial charge in [0, 0.05) is 44.4 Å². The van der Waals surface area contributed by atoms with Gasteiger partial charge in [0.15, 0.2) is 22.8 Å². The van der Waals surface area contributed by atoms with Crippen LogP contribution in [0.25, 0.3) is 22.6 Å². The minimum absolute atomic E-state index is 0.0275. The number of nitrogen functional groups attached to an aromatic ring is 1. The average Bonchev–Trinajstić information content (AvgIpc) is 3.28. The lowest BCUT2D eigenvalue weighted by atomic mass is 9.72. The molecular weight excluding hydrogens is 406 g/mol. The topological polar surface area (TPSA) is 108 Å². The Hall–Kier alpha value is -2.95. The molecule has 0 spiro atoms. The summed E-state index contributed by atoms with van der Waals surface area (Å²) in [5.74, 6) is -1.38. The van der Waals surface area contributed by atoms with Gasteiger partial charge in [-0.1, -0.05) is 0 Å². The molecule has 2 atom stereocenters. The van der Waals surface area contributed by atoms with Gasteiger partial charge in [-0.15, -0.1) is 0 Å². The van der Waals surface area contributed by atoms with Crippen molar-refractivity contribution in [1.29, 1.82) is 0 Å². The number of imidazole rings is 1. The third-order valence-electron chi connectivity index (χ3n) is 6.64. The molecule has 0 aromatic carbocycles. The molecule has 2 fully saturated rings. The first-order valence-corrected chi connectivity index (χ1v) is 10.4. The summed E-state index contributed by atoms with van der Waals surface area (Å²) in [7, 11) is 0. The van der Waals surface area contributed by atoms with Crippen molar-refractivity contribution in [3.63, 3.8) is 0 Å². The van der Waals surface area contributed by atoms with Gasteiger partial charge in [-0.3, -0.25) is 0 Å². The lowest BCUT2D eigenvalue weighted by Gasteiger charge is -2.38. The van der Waals surface area contributed by atoms with Gasteiger partial charge in [-0.05, 0) is 19.8 Å². The zero-order valence-corrected chi connectivity index (χ0v) is 17.2. The van der Waals surface area contributed by atoms with Crippen LogP contribution in [0.5, 0.6) is 0 Å². The van der Waals surface area contributed by atoms with Crippen LogP contribution in [-0.2, 0) is 16.9 Å². The number of aromatic nitrogens is 6. The minimum Gasteiger partial charge on any atom is -0.368 e. The van der Waals surface area contributed by atoms with E-state index in [0.29, 0.717) is 48.1 Å². The average molecular weight is 428 g/mol. The number of ether oxygens (including phenoxy) is 1. The number of nitrogens with two attached hydrogens (primary N) is 1. The van der Waals surface area contributed by atoms with Gasteiger partial charge in [-0.25, -0.2) is 33.7 Å². The summed E-state index contributed by atoms with van der Waals surface area (Å²) in [6.07, 6.45) is 3.06. The predicted molar refractivity (Wildman–Crippen MR) is 108 cm³/mol. The highest BCUT2D eigenvalue weighted by Crippen LogP contribution is 2.53. The molecule has 3 aliphatic rings. The summed E-state index contributed by atoms with van der Waals surface area (Å²) in [4.78, 5) is 24.4. The molecule has 3 aromatic rings. The number of anilines is 2. The highest BCUT2D eigenvalue weighted by atomic mass is 19.3. The van der Waals surface area contributed by atoms with E-state index in [1.807, 2.05) is 23.3 Å². The van der Waals surface area contributed by atoms with E-state index in [9.17, 15) is 8.78 Å². The number of hydrogen-bond donors (Lipinski definition) is 1. The Morgan fingerprint density at radius 1 is 1.13 bits per heavy atom. The highest BCUT2D eigenvalue weighted by Gasteiger charge is 2.60. The van der Waals surface area contributed by atoms with Crippen molar-refractivity contribution in [3.05, 3.63) is 18.2 Å². The molecule has 0 bridgehead atoms. The molecule has 1 aliphatic carbocycles. The van der Waals surface area contributed by atoms with Crippen molar-refractivity contribution in [3.8, 4) is 11.4 Å². The first-order chi connectivity index (χ1) is 14.7. The lowest BCUT2D eigenvalue weighted by Crippen LogP contribution is -2.46. The first-order valence-electron chi connectivity index (χ1n) is 10.4. The molecule has 2 aliphatic heterocycles. The molecule has 162 valence electrons. The largest absolute Gasteiger partial charge is 0.368 e. The third kappa shape index (κ3) is 2.72. The zero-order chi connectivity index (χ0) is 21.5. The van der Waals surface area contributed by atoms with Crippen LogP contribution in [0, 0.1) is 11.8 Å². The third-order valence-corrected chi connectivity index (χ3v) is 6.64. The van der Waals surface area contributed by atoms with Crippen LogP contribution < -0.4 is 10.6 Å². The smallest absolute Gasteiger partial charge is 0.253 e. The maximum Gasteiger partial charge on any atom is 0.253 e. The summed E-state index contributed by atoms with van der Waals surface area (Å²) in [6, 6.07) is 0. The number of nitrogens with zero attached hydrogens (tertiary/aromatic N) is 7. The number of fused-ring (bicyclic) bond motifs is 4. The Balaban J connectivity index is 1.54. The molecule has 1 saturated carbocycles. The molecule has 11 heteroatoms. The van der Waals surface area contributed by atoms with Crippen LogP contribution in [0.2, 0.25) is 0 Å². The Kier molecular flexibility index (Phi) is 3.67. The molecule has 31 heavy (non-hydrogen) atoms. The molecule has 2 unspecified atom stereocenters. The van der Waals surface area contributed by atoms with E-state index in [1.54, 1.807) is 12.4 Å². The fourth-order valence-corrected chi connectivity index (χ4v) is 4.99. The van der Waals surface area contributed by atoms with E-state index < -0.39 is 17.4 Å². The molecule has 0 radical (unpaired) electrons. The monoisotopic (exact) mass is 428 g/mol. The fraction of sp³-hybridized carbons (Fsp3) is 0.550. The maximum atomic E-state index is 14.0. The van der Waals surface area contributed by atoms with Gasteiger partial charge in [-0.2, -0.15) is 0 Å². The minimum atomic E-state index is -2.61. The number of alkyl halides is 2. The first kappa shape index (κ1) is 18.8. The maximum absolute atomic E-state index is 14.0. The Labute approximate surface area is 176 Å². The molecule has 9 nitrogen and oxygen atoms in total. The van der Waals surface area contributed by atoms with Gasteiger partial charge in [0.2, 0.25) is 5.95 Å². The van der Waals surface area contributed by atoms with E-state index in [0.717, 1.165) is 5.82 Å². The molecule has 3 aromatic heterocycles. The molecule has 2 N–H and O–H groups in total. The van der Waals surface area contributed by atoms with E-state index in [2.05, 4.69) is 9.97 Å². The van der Waals surface area contributed by atoms with Crippen molar-refractivity contribution < 1.29 is 13.5 Å². The van der Waals surface area contributed by atoms with E-state index in [-0.39, 0.29) is 24.8 Å². The standard InChI is InChI=1S/C20H22F2N8O/c1-19(2)17-26-13-15(29-8-10-5-20(21,22)12(10)9-29)27-14(11-6-24-18(23)25-7-11)28-16(13)30(17)3-4-31-19/h6-7,10,12H,3-5,8-9H2,1-2H3,(H2,23,24,25). The fourth-order valence-electron chi connectivity index (χ4n) is 4.99. The van der Waals surface area contributed by atoms with Gasteiger partial charge in [0.1, 0.15) is 11.4 Å². The van der Waals surface area contributed by atoms with Crippen molar-refractivity contribution >= 4 is 22.9 Å². The van der Waals surface area contributed by atoms with E-state index in [4.69, 9.17) is 25.4 Å². The quantitative estimate of drug-likeness (QED) is 0.662. The van der Waals surface area contributed by atoms with E-state index >= 15 is 0 Å². The summed E-state index contributed by atoms with van der Waals surface area (Å²) < 4.78 is 36.0. The summed E-state index contributed by atoms with van der Waals surface area (Å²) in [5.41, 5.74) is 6.91. The molecule has 6 rings (SSSR count). The van der Waals surface area contributed by atoms with E-state index in [1.165, 1.54) is 0 Å². The number of rotatable bonds is 2. The van der Waals surface area contributed by atoms with Crippen molar-refractivity contribution in [2.45, 2.75) is 38.3 Å². The molecule has 1 saturated heterocycles. The van der Waals surface area contributed by atoms with Gasteiger partial charge in [0.25, 0.3) is 5.92 Å². The molecule has 0 amide bonds. The molecular formula is C20H22F2N8O. The SMILES string of the molecule is CC1(C)OCCn2c1nc1c(N3CC4CC(F)(F)C4C3)nc(-c3cnc(N)nc3)nc12. The molecule has 5 heterocycles. The van der Waals surface area contributed by atoms with Crippen molar-refractivity contribution in [2.24, 2.45) is 11.8 Å². The summed E-state index contributed by atoms with van der Waals surface area (Å²) in [6.45, 7) is 5.85. The lowest BCUT2D eigenvalue weighted by molar-refractivity contribution is -0.152. The van der Waals surface area contributed by atoms with Crippen LogP contribution in [0.3, 0.4) is 0 Å². The van der Waals surface area contributed by atoms with Crippen LogP contribution >= 0.6 is 0 Å². The van der Waals surface area contributed by atoms with Crippen LogP contribution in [0.1, 0.15) is 26.1 Å². The highest BCUT2D eigenvalue weighted by molar-refractivity contribution is 5.86. The number of hydrogen-bond acceptors (Lipinski definition) is 8. The predicted octanol–water partition coefficient (Wildman–Crippen LogP) is 2.22. The summed E-state index contributed by atoms with van der Waals surface area (Å²) in [5, 5.41) is 0. The van der Waals surface area contributed by atoms with Crippen LogP contribution in [0.4, 0.5) is 20.5 Å². The Bertz CT molecular complexity index is 1190. The zero-order valence-electron chi connectivity index (χ0n) is 17.2. The second-order valence-electron chi connectivity index (χ2n) is 9.06. The Morgan fingerprint density at radius 2 is 1.90 bits per heavy atom. The van der Waals surface area contributed by atoms with Gasteiger partial charge in [0.05, 0.1) is 12.2 Å². The van der Waals surface area contributed by atoms with Gasteiger partial charge < -0.3 is 19.9 Å². The normalized spacial score (nSPS) is 25.9. The van der Waals surface area contributed by atoms with Gasteiger partial charge >= 0.3 is 0 Å². The number of halogens is 2. The Morgan fingerprint density at radius 3 is 2.61 bits per heavy atom. The van der Waals surface area contributed by atoms with Crippen LogP contribution in [-0.4, -0.2) is 55.1 Å². The van der Waals surface area contributed by atoms with Crippen molar-refractivity contribution in [1.82, 2.24) is 29.5 Å². The van der Waals surface area contributed by atoms with Crippen LogP contribution in [0.15, 0.2) is 12.4 Å². The second kappa shape index (κ2) is 6.06. The van der Waals surface area contributed by atoms with Crippen molar-refractivity contribution in [2.75, 3.05) is 30.3 Å². The second-order valence-corrected chi connectivity index (χ2v) is 9.06. The summed E-state index contributed by atoms with van der Waals surface area (Å²) >= 11 is 0.